The molecule has 4 rings (SSSR count). The van der Waals surface area contributed by atoms with E-state index in [1.165, 1.54) is 10.4 Å². The minimum absolute atomic E-state index is 0.0407. The molecular formula is C22H27N3O3S. The Morgan fingerprint density at radius 1 is 1.28 bits per heavy atom. The zero-order valence-corrected chi connectivity index (χ0v) is 17.7. The van der Waals surface area contributed by atoms with Crippen LogP contribution in [-0.4, -0.2) is 45.3 Å². The monoisotopic (exact) mass is 413 g/mol. The summed E-state index contributed by atoms with van der Waals surface area (Å²) in [7, 11) is 0. The fourth-order valence-corrected chi connectivity index (χ4v) is 5.09. The van der Waals surface area contributed by atoms with Crippen molar-refractivity contribution < 1.29 is 9.84 Å². The van der Waals surface area contributed by atoms with E-state index in [2.05, 4.69) is 23.7 Å². The summed E-state index contributed by atoms with van der Waals surface area (Å²) in [5, 5.41) is 11.2. The van der Waals surface area contributed by atoms with Crippen LogP contribution in [0, 0.1) is 0 Å². The topological polar surface area (TPSA) is 78.5 Å². The van der Waals surface area contributed by atoms with Crippen molar-refractivity contribution in [2.24, 2.45) is 0 Å². The summed E-state index contributed by atoms with van der Waals surface area (Å²) < 4.78 is 5.66. The molecule has 0 fully saturated rings. The number of para-hydroxylation sites is 1. The molecule has 1 unspecified atom stereocenters. The quantitative estimate of drug-likeness (QED) is 0.593. The lowest BCUT2D eigenvalue weighted by atomic mass is 10.2. The van der Waals surface area contributed by atoms with Gasteiger partial charge in [0.2, 0.25) is 0 Å². The van der Waals surface area contributed by atoms with E-state index in [1.807, 2.05) is 30.3 Å². The lowest BCUT2D eigenvalue weighted by Crippen LogP contribution is -2.40. The van der Waals surface area contributed by atoms with Gasteiger partial charge in [-0.25, -0.2) is 4.98 Å². The largest absolute Gasteiger partial charge is 0.491 e. The fourth-order valence-electron chi connectivity index (χ4n) is 3.80. The first-order valence-electron chi connectivity index (χ1n) is 10.1. The molecule has 29 heavy (non-hydrogen) atoms. The third kappa shape index (κ3) is 4.52. The number of aryl methyl sites for hydroxylation is 2. The van der Waals surface area contributed by atoms with E-state index >= 15 is 0 Å². The molecule has 154 valence electrons. The van der Waals surface area contributed by atoms with Crippen LogP contribution in [0.15, 0.2) is 35.1 Å². The number of aliphatic hydroxyl groups excluding tert-OH is 1. The number of aromatic nitrogens is 2. The van der Waals surface area contributed by atoms with Gasteiger partial charge in [-0.2, -0.15) is 0 Å². The molecule has 1 aliphatic carbocycles. The summed E-state index contributed by atoms with van der Waals surface area (Å²) in [6, 6.07) is 9.67. The van der Waals surface area contributed by atoms with Gasteiger partial charge in [0.25, 0.3) is 5.56 Å². The second kappa shape index (κ2) is 8.65. The Bertz CT molecular complexity index is 1030. The molecule has 0 bridgehead atoms. The van der Waals surface area contributed by atoms with E-state index in [0.717, 1.165) is 35.2 Å². The van der Waals surface area contributed by atoms with Gasteiger partial charge in [-0.15, -0.1) is 11.3 Å². The first-order chi connectivity index (χ1) is 14.0. The molecule has 1 atom stereocenters. The highest BCUT2D eigenvalue weighted by Gasteiger charge is 2.22. The van der Waals surface area contributed by atoms with Crippen molar-refractivity contribution in [1.29, 1.82) is 0 Å². The zero-order chi connectivity index (χ0) is 20.4. The van der Waals surface area contributed by atoms with Crippen LogP contribution in [0.1, 0.15) is 36.5 Å². The van der Waals surface area contributed by atoms with Gasteiger partial charge in [0.15, 0.2) is 0 Å². The summed E-state index contributed by atoms with van der Waals surface area (Å²) in [4.78, 5) is 24.6. The van der Waals surface area contributed by atoms with Gasteiger partial charge in [0, 0.05) is 17.5 Å². The first kappa shape index (κ1) is 20.1. The van der Waals surface area contributed by atoms with E-state index in [-0.39, 0.29) is 18.2 Å². The van der Waals surface area contributed by atoms with Crippen LogP contribution in [0.5, 0.6) is 5.75 Å². The number of aromatic amines is 1. The van der Waals surface area contributed by atoms with Gasteiger partial charge in [-0.3, -0.25) is 9.69 Å². The number of hydrogen-bond acceptors (Lipinski definition) is 6. The van der Waals surface area contributed by atoms with E-state index in [1.54, 1.807) is 11.3 Å². The van der Waals surface area contributed by atoms with Gasteiger partial charge in [0.1, 0.15) is 29.1 Å². The Morgan fingerprint density at radius 2 is 2.07 bits per heavy atom. The Labute approximate surface area is 174 Å². The van der Waals surface area contributed by atoms with Gasteiger partial charge < -0.3 is 14.8 Å². The maximum Gasteiger partial charge on any atom is 0.259 e. The van der Waals surface area contributed by atoms with Gasteiger partial charge in [0.05, 0.1) is 11.9 Å². The summed E-state index contributed by atoms with van der Waals surface area (Å²) in [5.74, 6) is 1.39. The second-order valence-corrected chi connectivity index (χ2v) is 8.93. The van der Waals surface area contributed by atoms with Crippen molar-refractivity contribution in [3.8, 4) is 5.75 Å². The first-order valence-corrected chi connectivity index (χ1v) is 11.0. The smallest absolute Gasteiger partial charge is 0.259 e. The average Bonchev–Trinajstić information content (AvgIpc) is 3.27. The van der Waals surface area contributed by atoms with Crippen molar-refractivity contribution in [2.45, 2.75) is 51.8 Å². The van der Waals surface area contributed by atoms with Crippen LogP contribution in [0.4, 0.5) is 0 Å². The van der Waals surface area contributed by atoms with Crippen molar-refractivity contribution in [1.82, 2.24) is 14.9 Å². The minimum Gasteiger partial charge on any atom is -0.491 e. The summed E-state index contributed by atoms with van der Waals surface area (Å²) >= 11 is 1.65. The maximum absolute atomic E-state index is 12.7. The summed E-state index contributed by atoms with van der Waals surface area (Å²) in [5.41, 5.74) is 1.15. The molecule has 0 radical (unpaired) electrons. The molecule has 3 aromatic rings. The normalized spacial score (nSPS) is 14.7. The van der Waals surface area contributed by atoms with E-state index < -0.39 is 6.10 Å². The average molecular weight is 414 g/mol. The summed E-state index contributed by atoms with van der Waals surface area (Å²) in [6.07, 6.45) is 2.52. The van der Waals surface area contributed by atoms with Crippen LogP contribution in [0.25, 0.3) is 10.2 Å². The molecule has 6 nitrogen and oxygen atoms in total. The van der Waals surface area contributed by atoms with E-state index in [4.69, 9.17) is 9.72 Å². The second-order valence-electron chi connectivity index (χ2n) is 7.85. The standard InChI is InChI=1S/C22H27N3O3S/c1-14(2)25(11-15(26)13-28-16-7-4-3-5-8-16)12-19-23-21(27)20-17-9-6-10-18(17)29-22(20)24-19/h3-5,7-8,14-15,26H,6,9-13H2,1-2H3,(H,23,24,27). The zero-order valence-electron chi connectivity index (χ0n) is 16.9. The van der Waals surface area contributed by atoms with Gasteiger partial charge >= 0.3 is 0 Å². The fraction of sp³-hybridized carbons (Fsp3) is 0.455. The maximum atomic E-state index is 12.7. The highest BCUT2D eigenvalue weighted by molar-refractivity contribution is 7.18. The van der Waals surface area contributed by atoms with Crippen LogP contribution < -0.4 is 10.3 Å². The van der Waals surface area contributed by atoms with Gasteiger partial charge in [-0.1, -0.05) is 18.2 Å². The van der Waals surface area contributed by atoms with E-state index in [9.17, 15) is 9.90 Å². The number of benzene rings is 1. The number of H-pyrrole nitrogens is 1. The number of ether oxygens (including phenoxy) is 1. The molecule has 0 saturated heterocycles. The highest BCUT2D eigenvalue weighted by atomic mass is 32.1. The lowest BCUT2D eigenvalue weighted by molar-refractivity contribution is 0.0533. The predicted molar refractivity (Wildman–Crippen MR) is 116 cm³/mol. The minimum atomic E-state index is -0.640. The van der Waals surface area contributed by atoms with Crippen molar-refractivity contribution in [2.75, 3.05) is 13.2 Å². The molecule has 0 aliphatic heterocycles. The number of hydrogen-bond donors (Lipinski definition) is 2. The molecule has 7 heteroatoms. The van der Waals surface area contributed by atoms with Crippen molar-refractivity contribution in [3.05, 3.63) is 57.0 Å². The van der Waals surface area contributed by atoms with Crippen LogP contribution in [0.3, 0.4) is 0 Å². The number of aliphatic hydroxyl groups is 1. The Balaban J connectivity index is 1.44. The van der Waals surface area contributed by atoms with Crippen LogP contribution >= 0.6 is 11.3 Å². The molecule has 2 N–H and O–H groups in total. The Morgan fingerprint density at radius 3 is 2.83 bits per heavy atom. The number of thiophene rings is 1. The number of rotatable bonds is 8. The molecule has 1 aromatic carbocycles. The van der Waals surface area contributed by atoms with E-state index in [0.29, 0.717) is 18.9 Å². The Kier molecular flexibility index (Phi) is 5.99. The molecule has 1 aliphatic rings. The number of fused-ring (bicyclic) bond motifs is 3. The molecule has 2 heterocycles. The van der Waals surface area contributed by atoms with Gasteiger partial charge in [-0.05, 0) is 50.8 Å². The molecule has 0 amide bonds. The molecule has 0 saturated carbocycles. The third-order valence-corrected chi connectivity index (χ3v) is 6.52. The number of nitrogens with zero attached hydrogens (tertiary/aromatic N) is 2. The summed E-state index contributed by atoms with van der Waals surface area (Å²) in [6.45, 7) is 5.27. The molecule has 0 spiro atoms. The number of nitrogens with one attached hydrogen (secondary N) is 1. The molecular weight excluding hydrogens is 386 g/mol. The molecule has 2 aromatic heterocycles. The van der Waals surface area contributed by atoms with Crippen molar-refractivity contribution in [3.63, 3.8) is 0 Å². The van der Waals surface area contributed by atoms with Crippen molar-refractivity contribution >= 4 is 21.6 Å². The third-order valence-electron chi connectivity index (χ3n) is 5.34. The van der Waals surface area contributed by atoms with Crippen LogP contribution in [-0.2, 0) is 19.4 Å². The van der Waals surface area contributed by atoms with Crippen LogP contribution in [0.2, 0.25) is 0 Å². The predicted octanol–water partition coefficient (Wildman–Crippen LogP) is 3.12. The SMILES string of the molecule is CC(C)N(Cc1nc2sc3c(c2c(=O)[nH]1)CCC3)CC(O)COc1ccccc1. The highest BCUT2D eigenvalue weighted by Crippen LogP contribution is 2.34. The lowest BCUT2D eigenvalue weighted by Gasteiger charge is -2.28. The Hall–Kier alpha value is -2.22.